The lowest BCUT2D eigenvalue weighted by Crippen LogP contribution is -2.29. The van der Waals surface area contributed by atoms with Gasteiger partial charge in [0.05, 0.1) is 13.2 Å². The van der Waals surface area contributed by atoms with Gasteiger partial charge in [-0.1, -0.05) is 179 Å². The van der Waals surface area contributed by atoms with Crippen molar-refractivity contribution >= 4 is 19.8 Å². The molecule has 1 unspecified atom stereocenters. The van der Waals surface area contributed by atoms with Crippen LogP contribution in [-0.4, -0.2) is 49.3 Å². The Balaban J connectivity index is 4.12. The van der Waals surface area contributed by atoms with E-state index in [-0.39, 0.29) is 32.6 Å². The average molecular weight is 840 g/mol. The van der Waals surface area contributed by atoms with Crippen molar-refractivity contribution in [2.24, 2.45) is 5.73 Å². The number of esters is 2. The third kappa shape index (κ3) is 43.8. The number of nitrogens with two attached hydrogens (primary N) is 1. The Morgan fingerprint density at radius 2 is 0.879 bits per heavy atom. The summed E-state index contributed by atoms with van der Waals surface area (Å²) in [7, 11) is -4.39. The van der Waals surface area contributed by atoms with E-state index < -0.39 is 32.5 Å². The van der Waals surface area contributed by atoms with Gasteiger partial charge in [0.15, 0.2) is 6.10 Å². The lowest BCUT2D eigenvalue weighted by molar-refractivity contribution is -0.161. The second kappa shape index (κ2) is 44.8. The van der Waals surface area contributed by atoms with E-state index in [1.165, 1.54) is 128 Å². The van der Waals surface area contributed by atoms with Crippen LogP contribution in [0.15, 0.2) is 36.5 Å². The smallest absolute Gasteiger partial charge is 0.462 e. The van der Waals surface area contributed by atoms with Gasteiger partial charge in [0.25, 0.3) is 0 Å². The van der Waals surface area contributed by atoms with Crippen molar-refractivity contribution in [2.45, 2.75) is 232 Å². The van der Waals surface area contributed by atoms with Gasteiger partial charge >= 0.3 is 19.8 Å². The van der Waals surface area contributed by atoms with Crippen LogP contribution in [0.2, 0.25) is 0 Å². The minimum Gasteiger partial charge on any atom is -0.462 e. The number of ether oxygens (including phenoxy) is 2. The first-order valence-corrected chi connectivity index (χ1v) is 25.5. The van der Waals surface area contributed by atoms with Crippen molar-refractivity contribution in [3.8, 4) is 0 Å². The highest BCUT2D eigenvalue weighted by Gasteiger charge is 2.26. The van der Waals surface area contributed by atoms with Gasteiger partial charge in [-0.3, -0.25) is 18.6 Å². The van der Waals surface area contributed by atoms with E-state index in [4.69, 9.17) is 24.3 Å². The molecule has 9 nitrogen and oxygen atoms in total. The predicted molar refractivity (Wildman–Crippen MR) is 243 cm³/mol. The number of phosphoric acid groups is 1. The highest BCUT2D eigenvalue weighted by atomic mass is 31.2. The Morgan fingerprint density at radius 3 is 1.33 bits per heavy atom. The monoisotopic (exact) mass is 840 g/mol. The first kappa shape index (κ1) is 56.2. The number of rotatable bonds is 45. The van der Waals surface area contributed by atoms with E-state index in [9.17, 15) is 19.0 Å². The first-order chi connectivity index (χ1) is 28.3. The lowest BCUT2D eigenvalue weighted by atomic mass is 10.0. The van der Waals surface area contributed by atoms with Crippen molar-refractivity contribution in [3.63, 3.8) is 0 Å². The van der Waals surface area contributed by atoms with Gasteiger partial charge in [-0.25, -0.2) is 4.57 Å². The minimum atomic E-state index is -4.39. The zero-order chi connectivity index (χ0) is 42.5. The summed E-state index contributed by atoms with van der Waals surface area (Å²) < 4.78 is 32.8. The van der Waals surface area contributed by atoms with Gasteiger partial charge in [-0.2, -0.15) is 0 Å². The Bertz CT molecular complexity index is 1050. The Morgan fingerprint density at radius 1 is 0.500 bits per heavy atom. The standard InChI is InChI=1S/C48H90NO8P/c1-3-5-7-9-11-13-15-17-19-20-21-22-23-24-25-26-27-29-31-33-35-37-39-41-48(51)57-46(45-56-58(52,53)55-43-42-49)44-54-47(50)40-38-36-34-32-30-28-18-16-14-12-10-8-6-4-2/h16,18,26-27,33,35,46H,3-15,17,19-25,28-32,34,36-45,49H2,1-2H3,(H,52,53)/b18-16+,27-26+,35-33+/t46-/m1/s1. The van der Waals surface area contributed by atoms with Crippen LogP contribution in [0.3, 0.4) is 0 Å². The molecule has 0 aliphatic rings. The molecule has 0 fully saturated rings. The normalized spacial score (nSPS) is 13.5. The highest BCUT2D eigenvalue weighted by Crippen LogP contribution is 2.43. The molecule has 3 N–H and O–H groups in total. The number of carbonyl (C=O) groups excluding carboxylic acids is 2. The number of unbranched alkanes of at least 4 members (excludes halogenated alkanes) is 26. The molecule has 0 radical (unpaired) electrons. The van der Waals surface area contributed by atoms with Gasteiger partial charge in [-0.15, -0.1) is 0 Å². The number of hydrogen-bond donors (Lipinski definition) is 2. The Hall–Kier alpha value is -1.77. The van der Waals surface area contributed by atoms with Crippen LogP contribution < -0.4 is 5.73 Å². The topological polar surface area (TPSA) is 134 Å². The average Bonchev–Trinajstić information content (AvgIpc) is 3.21. The molecule has 0 aliphatic heterocycles. The van der Waals surface area contributed by atoms with Gasteiger partial charge < -0.3 is 20.1 Å². The van der Waals surface area contributed by atoms with Crippen LogP contribution in [0.4, 0.5) is 0 Å². The molecule has 58 heavy (non-hydrogen) atoms. The van der Waals surface area contributed by atoms with Crippen molar-refractivity contribution < 1.29 is 37.6 Å². The molecule has 10 heteroatoms. The maximum Gasteiger partial charge on any atom is 0.472 e. The van der Waals surface area contributed by atoms with Crippen LogP contribution in [0.5, 0.6) is 0 Å². The fourth-order valence-corrected chi connectivity index (χ4v) is 7.42. The summed E-state index contributed by atoms with van der Waals surface area (Å²) in [5.74, 6) is -0.883. The minimum absolute atomic E-state index is 0.0466. The third-order valence-corrected chi connectivity index (χ3v) is 11.2. The van der Waals surface area contributed by atoms with E-state index in [0.717, 1.165) is 64.2 Å². The molecule has 0 aromatic rings. The molecule has 0 heterocycles. The predicted octanol–water partition coefficient (Wildman–Crippen LogP) is 14.1. The highest BCUT2D eigenvalue weighted by molar-refractivity contribution is 7.47. The first-order valence-electron chi connectivity index (χ1n) is 24.0. The molecule has 0 aliphatic carbocycles. The molecular formula is C48H90NO8P. The second-order valence-electron chi connectivity index (χ2n) is 16.0. The summed E-state index contributed by atoms with van der Waals surface area (Å²) in [6.07, 6.45) is 50.5. The van der Waals surface area contributed by atoms with Crippen LogP contribution in [0, 0.1) is 0 Å². The Kier molecular flexibility index (Phi) is 43.4. The molecular weight excluding hydrogens is 750 g/mol. The fraction of sp³-hybridized carbons (Fsp3) is 0.833. The third-order valence-electron chi connectivity index (χ3n) is 10.2. The molecule has 0 amide bonds. The number of phosphoric ester groups is 1. The summed E-state index contributed by atoms with van der Waals surface area (Å²) in [4.78, 5) is 34.9. The molecule has 2 atom stereocenters. The Labute approximate surface area is 356 Å². The molecule has 0 aromatic heterocycles. The molecule has 0 aromatic carbocycles. The maximum atomic E-state index is 12.6. The van der Waals surface area contributed by atoms with Crippen LogP contribution in [0.1, 0.15) is 226 Å². The molecule has 0 bridgehead atoms. The van der Waals surface area contributed by atoms with Crippen LogP contribution in [0.25, 0.3) is 0 Å². The molecule has 340 valence electrons. The SMILES string of the molecule is CCCCCCC/C=C/CCCCCCCC(=O)OC[C@H](COP(=O)(O)OCCN)OC(=O)CCC/C=C/CC/C=C/CCCCCCCCCCCCCCCC. The zero-order valence-electron chi connectivity index (χ0n) is 37.5. The summed E-state index contributed by atoms with van der Waals surface area (Å²) >= 11 is 0. The van der Waals surface area contributed by atoms with Crippen LogP contribution in [-0.2, 0) is 32.7 Å². The van der Waals surface area contributed by atoms with Gasteiger partial charge in [0.2, 0.25) is 0 Å². The molecule has 0 rings (SSSR count). The maximum absolute atomic E-state index is 12.6. The van der Waals surface area contributed by atoms with E-state index in [1.807, 2.05) is 0 Å². The quantitative estimate of drug-likeness (QED) is 0.0266. The van der Waals surface area contributed by atoms with E-state index in [1.54, 1.807) is 0 Å². The lowest BCUT2D eigenvalue weighted by Gasteiger charge is -2.19. The van der Waals surface area contributed by atoms with Gasteiger partial charge in [0, 0.05) is 19.4 Å². The van der Waals surface area contributed by atoms with Crippen LogP contribution >= 0.6 is 7.82 Å². The molecule has 0 spiro atoms. The zero-order valence-corrected chi connectivity index (χ0v) is 38.4. The number of allylic oxidation sites excluding steroid dienone is 6. The van der Waals surface area contributed by atoms with E-state index in [0.29, 0.717) is 6.42 Å². The summed E-state index contributed by atoms with van der Waals surface area (Å²) in [6.45, 7) is 3.69. The van der Waals surface area contributed by atoms with Crippen molar-refractivity contribution in [1.29, 1.82) is 0 Å². The second-order valence-corrected chi connectivity index (χ2v) is 17.4. The van der Waals surface area contributed by atoms with Crippen molar-refractivity contribution in [2.75, 3.05) is 26.4 Å². The largest absolute Gasteiger partial charge is 0.472 e. The van der Waals surface area contributed by atoms with Gasteiger partial charge in [0.1, 0.15) is 6.61 Å². The fourth-order valence-electron chi connectivity index (χ4n) is 6.65. The van der Waals surface area contributed by atoms with E-state index in [2.05, 4.69) is 50.3 Å². The summed E-state index contributed by atoms with van der Waals surface area (Å²) in [5.41, 5.74) is 5.35. The number of carbonyl (C=O) groups is 2. The summed E-state index contributed by atoms with van der Waals surface area (Å²) in [6, 6.07) is 0. The van der Waals surface area contributed by atoms with Crippen molar-refractivity contribution in [1.82, 2.24) is 0 Å². The summed E-state index contributed by atoms with van der Waals surface area (Å²) in [5, 5.41) is 0. The van der Waals surface area contributed by atoms with Gasteiger partial charge in [-0.05, 0) is 70.6 Å². The number of hydrogen-bond acceptors (Lipinski definition) is 8. The molecule has 0 saturated carbocycles. The van der Waals surface area contributed by atoms with Crippen molar-refractivity contribution in [3.05, 3.63) is 36.5 Å². The molecule has 0 saturated heterocycles. The van der Waals surface area contributed by atoms with E-state index >= 15 is 0 Å².